The number of fused-ring (bicyclic) bond motifs is 1. The maximum atomic E-state index is 4.49. The predicted octanol–water partition coefficient (Wildman–Crippen LogP) is 22.3. The van der Waals surface area contributed by atoms with E-state index in [0.717, 1.165) is 84.2 Å². The molecular formula is C92H74Ir3N6-6. The molecule has 9 heteroatoms. The third-order valence-corrected chi connectivity index (χ3v) is 16.8. The van der Waals surface area contributed by atoms with Crippen LogP contribution in [0.5, 0.6) is 0 Å². The maximum absolute atomic E-state index is 4.49. The first-order chi connectivity index (χ1) is 48.2. The van der Waals surface area contributed by atoms with E-state index >= 15 is 0 Å². The van der Waals surface area contributed by atoms with Crippen LogP contribution in [0, 0.1) is 71.0 Å². The number of rotatable bonds is 9. The number of hydrogen-bond donors (Lipinski definition) is 0. The van der Waals surface area contributed by atoms with Crippen molar-refractivity contribution < 1.29 is 60.3 Å². The van der Waals surface area contributed by atoms with E-state index in [0.29, 0.717) is 0 Å². The minimum atomic E-state index is 0. The van der Waals surface area contributed by atoms with E-state index in [-0.39, 0.29) is 60.3 Å². The van der Waals surface area contributed by atoms with Gasteiger partial charge in [0.2, 0.25) is 0 Å². The molecule has 1 aliphatic rings. The fourth-order valence-electron chi connectivity index (χ4n) is 11.0. The van der Waals surface area contributed by atoms with Gasteiger partial charge in [0.05, 0.1) is 0 Å². The molecule has 9 aromatic carbocycles. The fraction of sp³-hybridized carbons (Fsp3) is 0.0870. The number of benzene rings is 9. The van der Waals surface area contributed by atoms with Crippen molar-refractivity contribution in [2.45, 2.75) is 53.9 Å². The molecule has 0 unspecified atom stereocenters. The van der Waals surface area contributed by atoms with Crippen LogP contribution < -0.4 is 0 Å². The molecule has 0 N–H and O–H groups in total. The van der Waals surface area contributed by atoms with Crippen LogP contribution in [0.15, 0.2) is 322 Å². The van der Waals surface area contributed by atoms with Gasteiger partial charge in [-0.2, -0.15) is 0 Å². The normalized spacial score (nSPS) is 10.5. The van der Waals surface area contributed by atoms with Crippen LogP contribution in [-0.4, -0.2) is 29.9 Å². The van der Waals surface area contributed by atoms with Crippen molar-refractivity contribution >= 4 is 0 Å². The van der Waals surface area contributed by atoms with Gasteiger partial charge in [-0.15, -0.1) is 215 Å². The van der Waals surface area contributed by atoms with Crippen molar-refractivity contribution in [2.24, 2.45) is 0 Å². The largest absolute Gasteiger partial charge is 0.304 e. The van der Waals surface area contributed by atoms with E-state index < -0.39 is 0 Å². The topological polar surface area (TPSA) is 77.3 Å². The van der Waals surface area contributed by atoms with Crippen molar-refractivity contribution in [3.05, 3.63) is 398 Å². The van der Waals surface area contributed by atoms with Crippen molar-refractivity contribution in [3.63, 3.8) is 0 Å². The minimum absolute atomic E-state index is 0. The molecule has 0 atom stereocenters. The summed E-state index contributed by atoms with van der Waals surface area (Å²) in [5.41, 5.74) is 28.5. The molecular weight excluding hydrogens is 1770 g/mol. The van der Waals surface area contributed by atoms with Gasteiger partial charge in [-0.05, 0) is 139 Å². The summed E-state index contributed by atoms with van der Waals surface area (Å²) in [7, 11) is 0. The minimum Gasteiger partial charge on any atom is -0.304 e. The maximum Gasteiger partial charge on any atom is 0.0239 e. The smallest absolute Gasteiger partial charge is 0.0239 e. The summed E-state index contributed by atoms with van der Waals surface area (Å²) in [4.78, 5) is 26.8. The zero-order valence-corrected chi connectivity index (χ0v) is 64.1. The van der Waals surface area contributed by atoms with Crippen LogP contribution in [-0.2, 0) is 73.2 Å². The Morgan fingerprint density at radius 3 is 0.941 bits per heavy atom. The molecule has 6 heterocycles. The van der Waals surface area contributed by atoms with Crippen LogP contribution in [0.1, 0.15) is 45.4 Å². The second-order valence-electron chi connectivity index (χ2n) is 23.4. The first kappa shape index (κ1) is 76.6. The van der Waals surface area contributed by atoms with Gasteiger partial charge in [0.15, 0.2) is 0 Å². The average molecular weight is 1840 g/mol. The molecule has 0 saturated heterocycles. The van der Waals surface area contributed by atoms with Gasteiger partial charge in [-0.1, -0.05) is 161 Å². The Hall–Kier alpha value is -10.2. The molecule has 3 radical (unpaired) electrons. The van der Waals surface area contributed by atoms with Crippen LogP contribution in [0.2, 0.25) is 0 Å². The molecule has 0 aliphatic heterocycles. The molecule has 0 fully saturated rings. The van der Waals surface area contributed by atoms with Crippen LogP contribution in [0.4, 0.5) is 0 Å². The van der Waals surface area contributed by atoms with Crippen molar-refractivity contribution in [1.82, 2.24) is 29.9 Å². The third kappa shape index (κ3) is 21.9. The second-order valence-corrected chi connectivity index (χ2v) is 23.4. The predicted molar refractivity (Wildman–Crippen MR) is 403 cm³/mol. The Bertz CT molecular complexity index is 4400. The summed E-state index contributed by atoms with van der Waals surface area (Å²) in [6.45, 7) is 10.5. The van der Waals surface area contributed by atoms with Crippen LogP contribution in [0.25, 0.3) is 101 Å². The van der Waals surface area contributed by atoms with Gasteiger partial charge in [-0.3, -0.25) is 0 Å². The Kier molecular flexibility index (Phi) is 30.5. The first-order valence-electron chi connectivity index (χ1n) is 32.9. The van der Waals surface area contributed by atoms with Gasteiger partial charge in [0.1, 0.15) is 0 Å². The molecule has 1 aliphatic carbocycles. The van der Waals surface area contributed by atoms with Gasteiger partial charge < -0.3 is 29.9 Å². The molecule has 0 bridgehead atoms. The van der Waals surface area contributed by atoms with Gasteiger partial charge in [0.25, 0.3) is 0 Å². The molecule has 6 aromatic heterocycles. The zero-order chi connectivity index (χ0) is 67.5. The zero-order valence-electron chi connectivity index (χ0n) is 56.9. The van der Waals surface area contributed by atoms with Crippen molar-refractivity contribution in [3.8, 4) is 101 Å². The van der Waals surface area contributed by atoms with E-state index in [1.165, 1.54) is 74.9 Å². The second kappa shape index (κ2) is 40.2. The molecule has 101 heavy (non-hydrogen) atoms. The number of pyridine rings is 6. The molecule has 15 aromatic rings. The molecule has 0 saturated carbocycles. The summed E-state index contributed by atoms with van der Waals surface area (Å²) in [6, 6.07) is 114. The standard InChI is InChI=1S/3C17H12N.C14H12N.C14H14N.C13H12N.3Ir/c3*1-3-7-14(8-4-1)16-11-12-17(18-13-16)15-9-5-2-6-10-15;1-2-5-11(6-3-1)14-9-12-7-4-8-13(12)10-15-14;1-10-9-15-14(12(3)11(10)2)13-7-5-4-6-8-13;1-10-8-9-14-13(11(10)2)12-6-4-3-5-7-12;;;/h3*1-9,11-13H;1-3,5,9-10H,4,7-8H2;4-7,9H,1-3H3;3-6,8-9H,1-2H3;;;/q6*-1;;;. The van der Waals surface area contributed by atoms with Crippen LogP contribution >= 0.6 is 0 Å². The van der Waals surface area contributed by atoms with Crippen LogP contribution in [0.3, 0.4) is 0 Å². The summed E-state index contributed by atoms with van der Waals surface area (Å²) in [5.74, 6) is 0. The molecule has 505 valence electrons. The first-order valence-corrected chi connectivity index (χ1v) is 32.9. The van der Waals surface area contributed by atoms with E-state index in [2.05, 4.69) is 168 Å². The average Bonchev–Trinajstić information content (AvgIpc) is 1.45. The van der Waals surface area contributed by atoms with Gasteiger partial charge in [-0.25, -0.2) is 0 Å². The molecule has 0 spiro atoms. The van der Waals surface area contributed by atoms with Crippen molar-refractivity contribution in [2.75, 3.05) is 0 Å². The molecule has 16 rings (SSSR count). The summed E-state index contributed by atoms with van der Waals surface area (Å²) < 4.78 is 0. The summed E-state index contributed by atoms with van der Waals surface area (Å²) in [5, 5.41) is 0. The third-order valence-electron chi connectivity index (χ3n) is 16.8. The Morgan fingerprint density at radius 1 is 0.248 bits per heavy atom. The summed E-state index contributed by atoms with van der Waals surface area (Å²) >= 11 is 0. The van der Waals surface area contributed by atoms with E-state index in [1.54, 1.807) is 0 Å². The van der Waals surface area contributed by atoms with Gasteiger partial charge >= 0.3 is 0 Å². The molecule has 6 nitrogen and oxygen atoms in total. The number of hydrogen-bond acceptors (Lipinski definition) is 6. The number of aromatic nitrogens is 6. The summed E-state index contributed by atoms with van der Waals surface area (Å²) in [6.07, 6.45) is 15.2. The van der Waals surface area contributed by atoms with E-state index in [4.69, 9.17) is 0 Å². The quantitative estimate of drug-likeness (QED) is 0.134. The fourth-order valence-corrected chi connectivity index (χ4v) is 11.0. The monoisotopic (exact) mass is 1840 g/mol. The Labute approximate surface area is 637 Å². The number of nitrogens with zero attached hydrogens (tertiary/aromatic N) is 6. The molecule has 0 amide bonds. The van der Waals surface area contributed by atoms with E-state index in [9.17, 15) is 0 Å². The Morgan fingerprint density at radius 2 is 0.584 bits per heavy atom. The van der Waals surface area contributed by atoms with Gasteiger partial charge in [0, 0.05) is 97.5 Å². The Balaban J connectivity index is 0.000000153. The number of aryl methyl sites for hydroxylation is 4. The van der Waals surface area contributed by atoms with E-state index in [1.807, 2.05) is 256 Å². The van der Waals surface area contributed by atoms with Crippen molar-refractivity contribution in [1.29, 1.82) is 0 Å². The SMILES string of the molecule is Cc1ccnc(-c2[c-]cccc2)c1C.Cc1cnc(-c2[c-]cccc2)c(C)c1C.[Ir].[Ir].[Ir].[c-]1ccccc1-c1cc2c(cn1)CCC2.[c-]1ccccc1-c1ccc(-c2ccccc2)cn1.[c-]1ccccc1-c1ccc(-c2ccccc2)cn1.[c-]1ccccc1-c1ccc(-c2ccccc2)cn1.